The highest BCUT2D eigenvalue weighted by Crippen LogP contribution is 2.35. The van der Waals surface area contributed by atoms with Gasteiger partial charge in [-0.2, -0.15) is 0 Å². The molecule has 0 amide bonds. The molecule has 0 spiro atoms. The fourth-order valence-electron chi connectivity index (χ4n) is 3.58. The van der Waals surface area contributed by atoms with Gasteiger partial charge in [0.2, 0.25) is 0 Å². The molecule has 82 valence electrons. The molecule has 3 atom stereocenters. The Hall–Kier alpha value is -0.0400. The van der Waals surface area contributed by atoms with Crippen molar-refractivity contribution in [2.24, 2.45) is 11.8 Å². The second-order valence-corrected chi connectivity index (χ2v) is 5.22. The van der Waals surface area contributed by atoms with E-state index in [1.165, 1.54) is 44.9 Å². The molecule has 0 aromatic rings. The van der Waals surface area contributed by atoms with Crippen LogP contribution in [0.15, 0.2) is 0 Å². The molecular weight excluding hydrogens is 170 g/mol. The number of hydrogen-bond acceptors (Lipinski definition) is 1. The first kappa shape index (κ1) is 10.5. The van der Waals surface area contributed by atoms with Crippen LogP contribution in [0.1, 0.15) is 58.8 Å². The van der Waals surface area contributed by atoms with E-state index in [4.69, 9.17) is 0 Å². The summed E-state index contributed by atoms with van der Waals surface area (Å²) < 4.78 is 0. The molecule has 1 aliphatic carbocycles. The molecule has 3 unspecified atom stereocenters. The normalized spacial score (nSPS) is 37.5. The average molecular weight is 195 g/mol. The molecule has 2 fully saturated rings. The standard InChI is InChI=1S/C13H25N/c1-3-10(4-2)13-9-8-11-6-5-7-12(11)14-13/h10-14H,3-9H2,1-2H3. The van der Waals surface area contributed by atoms with E-state index in [0.29, 0.717) is 0 Å². The van der Waals surface area contributed by atoms with Gasteiger partial charge in [-0.3, -0.25) is 0 Å². The highest BCUT2D eigenvalue weighted by molar-refractivity contribution is 4.92. The minimum atomic E-state index is 0.837. The molecule has 1 nitrogen and oxygen atoms in total. The number of fused-ring (bicyclic) bond motifs is 1. The summed E-state index contributed by atoms with van der Waals surface area (Å²) in [5.74, 6) is 1.96. The first-order valence-electron chi connectivity index (χ1n) is 6.61. The summed E-state index contributed by atoms with van der Waals surface area (Å²) in [7, 11) is 0. The smallest absolute Gasteiger partial charge is 0.00980 e. The Morgan fingerprint density at radius 2 is 1.86 bits per heavy atom. The van der Waals surface area contributed by atoms with Gasteiger partial charge in [0.1, 0.15) is 0 Å². The van der Waals surface area contributed by atoms with E-state index in [1.54, 1.807) is 0 Å². The SMILES string of the molecule is CCC(CC)C1CCC2CCCC2N1. The van der Waals surface area contributed by atoms with Crippen LogP contribution >= 0.6 is 0 Å². The monoisotopic (exact) mass is 195 g/mol. The van der Waals surface area contributed by atoms with Crippen LogP contribution in [-0.4, -0.2) is 12.1 Å². The fraction of sp³-hybridized carbons (Fsp3) is 1.00. The molecule has 0 radical (unpaired) electrons. The Balaban J connectivity index is 1.90. The highest BCUT2D eigenvalue weighted by atomic mass is 15.0. The lowest BCUT2D eigenvalue weighted by atomic mass is 9.82. The molecular formula is C13H25N. The lowest BCUT2D eigenvalue weighted by Gasteiger charge is -2.37. The van der Waals surface area contributed by atoms with E-state index in [-0.39, 0.29) is 0 Å². The summed E-state index contributed by atoms with van der Waals surface area (Å²) in [6.45, 7) is 4.69. The Kier molecular flexibility index (Phi) is 3.48. The second kappa shape index (κ2) is 4.65. The maximum atomic E-state index is 3.92. The van der Waals surface area contributed by atoms with Crippen molar-refractivity contribution in [3.63, 3.8) is 0 Å². The number of rotatable bonds is 3. The zero-order valence-corrected chi connectivity index (χ0v) is 9.76. The van der Waals surface area contributed by atoms with Crippen LogP contribution in [0.25, 0.3) is 0 Å². The van der Waals surface area contributed by atoms with Crippen LogP contribution in [0.5, 0.6) is 0 Å². The zero-order chi connectivity index (χ0) is 9.97. The summed E-state index contributed by atoms with van der Waals surface area (Å²) in [4.78, 5) is 0. The van der Waals surface area contributed by atoms with Gasteiger partial charge in [0.15, 0.2) is 0 Å². The molecule has 0 aromatic heterocycles. The molecule has 14 heavy (non-hydrogen) atoms. The van der Waals surface area contributed by atoms with Gasteiger partial charge >= 0.3 is 0 Å². The van der Waals surface area contributed by atoms with Crippen molar-refractivity contribution in [1.82, 2.24) is 5.32 Å². The van der Waals surface area contributed by atoms with E-state index in [0.717, 1.165) is 23.9 Å². The molecule has 1 heterocycles. The molecule has 2 aliphatic rings. The highest BCUT2D eigenvalue weighted by Gasteiger charge is 2.34. The number of nitrogens with one attached hydrogen (secondary N) is 1. The third kappa shape index (κ3) is 1.98. The van der Waals surface area contributed by atoms with E-state index >= 15 is 0 Å². The molecule has 1 aliphatic heterocycles. The van der Waals surface area contributed by atoms with Crippen molar-refractivity contribution in [3.05, 3.63) is 0 Å². The molecule has 2 rings (SSSR count). The minimum Gasteiger partial charge on any atom is -0.311 e. The van der Waals surface area contributed by atoms with Crippen molar-refractivity contribution < 1.29 is 0 Å². The molecule has 1 saturated heterocycles. The van der Waals surface area contributed by atoms with Crippen LogP contribution < -0.4 is 5.32 Å². The van der Waals surface area contributed by atoms with Gasteiger partial charge in [-0.1, -0.05) is 33.1 Å². The Labute approximate surface area is 88.7 Å². The van der Waals surface area contributed by atoms with Crippen molar-refractivity contribution >= 4 is 0 Å². The van der Waals surface area contributed by atoms with Crippen LogP contribution in [-0.2, 0) is 0 Å². The maximum Gasteiger partial charge on any atom is 0.00980 e. The lowest BCUT2D eigenvalue weighted by molar-refractivity contribution is 0.199. The van der Waals surface area contributed by atoms with Gasteiger partial charge < -0.3 is 5.32 Å². The molecule has 0 bridgehead atoms. The summed E-state index contributed by atoms with van der Waals surface area (Å²) in [5, 5.41) is 3.92. The van der Waals surface area contributed by atoms with Crippen LogP contribution in [0, 0.1) is 11.8 Å². The van der Waals surface area contributed by atoms with Crippen molar-refractivity contribution in [1.29, 1.82) is 0 Å². The van der Waals surface area contributed by atoms with E-state index < -0.39 is 0 Å². The van der Waals surface area contributed by atoms with E-state index in [1.807, 2.05) is 0 Å². The van der Waals surface area contributed by atoms with Crippen LogP contribution in [0.4, 0.5) is 0 Å². The molecule has 1 saturated carbocycles. The third-order valence-corrected chi connectivity index (χ3v) is 4.55. The van der Waals surface area contributed by atoms with Crippen molar-refractivity contribution in [2.45, 2.75) is 70.9 Å². The topological polar surface area (TPSA) is 12.0 Å². The molecule has 1 N–H and O–H groups in total. The van der Waals surface area contributed by atoms with Crippen molar-refractivity contribution in [2.75, 3.05) is 0 Å². The summed E-state index contributed by atoms with van der Waals surface area (Å²) in [5.41, 5.74) is 0. The Morgan fingerprint density at radius 1 is 1.07 bits per heavy atom. The van der Waals surface area contributed by atoms with Gasteiger partial charge in [0.25, 0.3) is 0 Å². The quantitative estimate of drug-likeness (QED) is 0.728. The first-order chi connectivity index (χ1) is 6.85. The van der Waals surface area contributed by atoms with E-state index in [2.05, 4.69) is 19.2 Å². The third-order valence-electron chi connectivity index (χ3n) is 4.55. The second-order valence-electron chi connectivity index (χ2n) is 5.22. The number of hydrogen-bond donors (Lipinski definition) is 1. The van der Waals surface area contributed by atoms with Gasteiger partial charge in [-0.15, -0.1) is 0 Å². The summed E-state index contributed by atoms with van der Waals surface area (Å²) in [6.07, 6.45) is 10.1. The lowest BCUT2D eigenvalue weighted by Crippen LogP contribution is -2.48. The predicted molar refractivity (Wildman–Crippen MR) is 61.4 cm³/mol. The number of piperidine rings is 1. The minimum absolute atomic E-state index is 0.837. The predicted octanol–water partition coefficient (Wildman–Crippen LogP) is 3.34. The summed E-state index contributed by atoms with van der Waals surface area (Å²) >= 11 is 0. The summed E-state index contributed by atoms with van der Waals surface area (Å²) in [6, 6.07) is 1.72. The van der Waals surface area contributed by atoms with Gasteiger partial charge in [-0.05, 0) is 37.5 Å². The largest absolute Gasteiger partial charge is 0.311 e. The Bertz CT molecular complexity index is 174. The Morgan fingerprint density at radius 3 is 2.57 bits per heavy atom. The van der Waals surface area contributed by atoms with Gasteiger partial charge in [-0.25, -0.2) is 0 Å². The maximum absolute atomic E-state index is 3.92. The molecule has 0 aromatic carbocycles. The van der Waals surface area contributed by atoms with Crippen LogP contribution in [0.2, 0.25) is 0 Å². The molecule has 1 heteroatoms. The first-order valence-corrected chi connectivity index (χ1v) is 6.61. The average Bonchev–Trinajstić information content (AvgIpc) is 2.66. The van der Waals surface area contributed by atoms with Gasteiger partial charge in [0, 0.05) is 12.1 Å². The zero-order valence-electron chi connectivity index (χ0n) is 9.76. The van der Waals surface area contributed by atoms with Gasteiger partial charge in [0.05, 0.1) is 0 Å². The fourth-order valence-corrected chi connectivity index (χ4v) is 3.58. The van der Waals surface area contributed by atoms with E-state index in [9.17, 15) is 0 Å². The van der Waals surface area contributed by atoms with Crippen molar-refractivity contribution in [3.8, 4) is 0 Å². The van der Waals surface area contributed by atoms with Crippen LogP contribution in [0.3, 0.4) is 0 Å².